The summed E-state index contributed by atoms with van der Waals surface area (Å²) in [7, 11) is -4.48. The third-order valence-corrected chi connectivity index (χ3v) is 6.05. The van der Waals surface area contributed by atoms with Gasteiger partial charge in [-0.3, -0.25) is 4.79 Å². The Kier molecular flexibility index (Phi) is 7.11. The van der Waals surface area contributed by atoms with Crippen molar-refractivity contribution < 1.29 is 35.0 Å². The Morgan fingerprint density at radius 2 is 1.65 bits per heavy atom. The Bertz CT molecular complexity index is 1230. The van der Waals surface area contributed by atoms with Gasteiger partial charge in [-0.1, -0.05) is 39.0 Å². The molecule has 1 heterocycles. The van der Waals surface area contributed by atoms with E-state index in [2.05, 4.69) is 0 Å². The first kappa shape index (κ1) is 25.4. The molecule has 0 aliphatic heterocycles. The predicted octanol–water partition coefficient (Wildman–Crippen LogP) is 5.64. The molecule has 1 aromatic heterocycles. The molecular weight excluding hydrogens is 471 g/mol. The molecule has 34 heavy (non-hydrogen) atoms. The number of hydrogen-bond donors (Lipinski definition) is 0. The number of hydrogen-bond acceptors (Lipinski definition) is 5. The molecule has 3 rings (SSSR count). The number of carbonyl (C=O) groups is 1. The van der Waals surface area contributed by atoms with Crippen molar-refractivity contribution in [2.24, 2.45) is 5.41 Å². The monoisotopic (exact) mass is 495 g/mol. The highest BCUT2D eigenvalue weighted by Gasteiger charge is 2.32. The molecule has 2 aromatic carbocycles. The number of nitrogens with zero attached hydrogens (tertiary/aromatic N) is 1. The number of amides is 1. The third-order valence-electron chi connectivity index (χ3n) is 4.81. The SMILES string of the molecule is CC(C)(C)C(=O)N(Cc1ccc(OS(=O)(=O)c2cccc(C(F)(F)F)c2)cc1)Cc1ccco1. The number of alkyl halides is 3. The van der Waals surface area contributed by atoms with Gasteiger partial charge in [0.2, 0.25) is 5.91 Å². The summed E-state index contributed by atoms with van der Waals surface area (Å²) in [4.78, 5) is 13.9. The van der Waals surface area contributed by atoms with E-state index < -0.39 is 32.2 Å². The Hall–Kier alpha value is -3.27. The molecule has 0 saturated carbocycles. The molecule has 0 spiro atoms. The van der Waals surface area contributed by atoms with Crippen molar-refractivity contribution in [1.29, 1.82) is 0 Å². The Balaban J connectivity index is 1.76. The van der Waals surface area contributed by atoms with Gasteiger partial charge in [-0.2, -0.15) is 21.6 Å². The summed E-state index contributed by atoms with van der Waals surface area (Å²) in [5.41, 5.74) is -1.02. The number of rotatable bonds is 7. The van der Waals surface area contributed by atoms with Crippen LogP contribution in [0.1, 0.15) is 37.7 Å². The first-order chi connectivity index (χ1) is 15.8. The van der Waals surface area contributed by atoms with Gasteiger partial charge in [0.25, 0.3) is 0 Å². The summed E-state index contributed by atoms with van der Waals surface area (Å²) in [6, 6.07) is 12.8. The van der Waals surface area contributed by atoms with Gasteiger partial charge in [0, 0.05) is 12.0 Å². The standard InChI is InChI=1S/C24H24F3NO5S/c1-23(2,3)22(29)28(16-20-7-5-13-32-20)15-17-9-11-19(12-10-17)33-34(30,31)21-8-4-6-18(14-21)24(25,26)27/h4-14H,15-16H2,1-3H3. The van der Waals surface area contributed by atoms with E-state index in [9.17, 15) is 26.4 Å². The molecule has 0 radical (unpaired) electrons. The zero-order valence-electron chi connectivity index (χ0n) is 18.8. The van der Waals surface area contributed by atoms with Crippen molar-refractivity contribution in [2.45, 2.75) is 44.9 Å². The second-order valence-corrected chi connectivity index (χ2v) is 10.2. The molecule has 0 aliphatic carbocycles. The molecule has 182 valence electrons. The maximum atomic E-state index is 12.9. The van der Waals surface area contributed by atoms with Gasteiger partial charge in [-0.05, 0) is 48.0 Å². The minimum atomic E-state index is -4.68. The van der Waals surface area contributed by atoms with Crippen molar-refractivity contribution in [3.05, 3.63) is 83.8 Å². The molecule has 0 fully saturated rings. The number of benzene rings is 2. The van der Waals surface area contributed by atoms with Crippen molar-refractivity contribution in [1.82, 2.24) is 4.90 Å². The third kappa shape index (κ3) is 6.40. The van der Waals surface area contributed by atoms with E-state index in [0.29, 0.717) is 17.4 Å². The van der Waals surface area contributed by atoms with Gasteiger partial charge in [-0.15, -0.1) is 0 Å². The molecule has 0 aliphatic rings. The van der Waals surface area contributed by atoms with Crippen molar-refractivity contribution >= 4 is 16.0 Å². The smallest absolute Gasteiger partial charge is 0.416 e. The molecule has 1 amide bonds. The van der Waals surface area contributed by atoms with Crippen LogP contribution in [-0.2, 0) is 34.2 Å². The molecule has 10 heteroatoms. The fraction of sp³-hybridized carbons (Fsp3) is 0.292. The zero-order chi connectivity index (χ0) is 25.1. The normalized spacial score (nSPS) is 12.4. The lowest BCUT2D eigenvalue weighted by atomic mass is 9.94. The van der Waals surface area contributed by atoms with E-state index in [-0.39, 0.29) is 24.7 Å². The second kappa shape index (κ2) is 9.54. The Labute approximate surface area is 196 Å². The summed E-state index contributed by atoms with van der Waals surface area (Å²) in [5, 5.41) is 0. The van der Waals surface area contributed by atoms with Crippen LogP contribution in [0.25, 0.3) is 0 Å². The number of halogens is 3. The number of carbonyl (C=O) groups excluding carboxylic acids is 1. The van der Waals surface area contributed by atoms with Crippen LogP contribution in [0.5, 0.6) is 5.75 Å². The molecule has 0 unspecified atom stereocenters. The molecule has 0 saturated heterocycles. The van der Waals surface area contributed by atoms with Crippen molar-refractivity contribution in [2.75, 3.05) is 0 Å². The molecule has 0 N–H and O–H groups in total. The lowest BCUT2D eigenvalue weighted by Gasteiger charge is -2.29. The molecule has 3 aromatic rings. The molecule has 6 nitrogen and oxygen atoms in total. The summed E-state index contributed by atoms with van der Waals surface area (Å²) in [6.07, 6.45) is -3.16. The minimum Gasteiger partial charge on any atom is -0.467 e. The Morgan fingerprint density at radius 3 is 2.21 bits per heavy atom. The van der Waals surface area contributed by atoms with Crippen LogP contribution in [0, 0.1) is 5.41 Å². The van der Waals surface area contributed by atoms with E-state index >= 15 is 0 Å². The van der Waals surface area contributed by atoms with Crippen LogP contribution >= 0.6 is 0 Å². The van der Waals surface area contributed by atoms with Crippen LogP contribution < -0.4 is 4.18 Å². The molecule has 0 bridgehead atoms. The quantitative estimate of drug-likeness (QED) is 0.397. The summed E-state index contributed by atoms with van der Waals surface area (Å²) < 4.78 is 74.0. The largest absolute Gasteiger partial charge is 0.467 e. The highest BCUT2D eigenvalue weighted by atomic mass is 32.2. The summed E-state index contributed by atoms with van der Waals surface area (Å²) in [5.74, 6) is 0.446. The highest BCUT2D eigenvalue weighted by molar-refractivity contribution is 7.87. The van der Waals surface area contributed by atoms with Crippen molar-refractivity contribution in [3.63, 3.8) is 0 Å². The lowest BCUT2D eigenvalue weighted by molar-refractivity contribution is -0.141. The highest BCUT2D eigenvalue weighted by Crippen LogP contribution is 2.31. The maximum absolute atomic E-state index is 12.9. The van der Waals surface area contributed by atoms with E-state index in [0.717, 1.165) is 18.2 Å². The molecular formula is C24H24F3NO5S. The fourth-order valence-electron chi connectivity index (χ4n) is 3.14. The van der Waals surface area contributed by atoms with Crippen LogP contribution in [0.4, 0.5) is 13.2 Å². The van der Waals surface area contributed by atoms with Gasteiger partial charge >= 0.3 is 16.3 Å². The summed E-state index contributed by atoms with van der Waals surface area (Å²) >= 11 is 0. The van der Waals surface area contributed by atoms with Gasteiger partial charge in [-0.25, -0.2) is 0 Å². The van der Waals surface area contributed by atoms with E-state index in [1.807, 2.05) is 0 Å². The predicted molar refractivity (Wildman–Crippen MR) is 118 cm³/mol. The fourth-order valence-corrected chi connectivity index (χ4v) is 4.12. The van der Waals surface area contributed by atoms with Crippen LogP contribution in [0.15, 0.2) is 76.2 Å². The van der Waals surface area contributed by atoms with Crippen LogP contribution in [-0.4, -0.2) is 19.2 Å². The average Bonchev–Trinajstić information content (AvgIpc) is 3.26. The van der Waals surface area contributed by atoms with Gasteiger partial charge < -0.3 is 13.5 Å². The van der Waals surface area contributed by atoms with Crippen LogP contribution in [0.3, 0.4) is 0 Å². The van der Waals surface area contributed by atoms with Crippen molar-refractivity contribution in [3.8, 4) is 5.75 Å². The van der Waals surface area contributed by atoms with E-state index in [1.165, 1.54) is 18.4 Å². The maximum Gasteiger partial charge on any atom is 0.416 e. The minimum absolute atomic E-state index is 0.0686. The first-order valence-electron chi connectivity index (χ1n) is 10.3. The topological polar surface area (TPSA) is 76.8 Å². The number of furan rings is 1. The van der Waals surface area contributed by atoms with Gasteiger partial charge in [0.15, 0.2) is 0 Å². The zero-order valence-corrected chi connectivity index (χ0v) is 19.6. The summed E-state index contributed by atoms with van der Waals surface area (Å²) in [6.45, 7) is 5.91. The van der Waals surface area contributed by atoms with Gasteiger partial charge in [0.1, 0.15) is 16.4 Å². The second-order valence-electron chi connectivity index (χ2n) is 8.70. The molecule has 0 atom stereocenters. The van der Waals surface area contributed by atoms with Gasteiger partial charge in [0.05, 0.1) is 18.4 Å². The van der Waals surface area contributed by atoms with Crippen LogP contribution in [0.2, 0.25) is 0 Å². The first-order valence-corrected chi connectivity index (χ1v) is 11.7. The van der Waals surface area contributed by atoms with E-state index in [4.69, 9.17) is 8.60 Å². The van der Waals surface area contributed by atoms with E-state index in [1.54, 1.807) is 49.9 Å². The Morgan fingerprint density at radius 1 is 0.971 bits per heavy atom. The average molecular weight is 496 g/mol. The lowest BCUT2D eigenvalue weighted by Crippen LogP contribution is -2.38.